The summed E-state index contributed by atoms with van der Waals surface area (Å²) in [5.74, 6) is 1.11. The fraction of sp³-hybridized carbons (Fsp3) is 0.0625. The zero-order valence-electron chi connectivity index (χ0n) is 11.4. The minimum Gasteiger partial charge on any atom is -0.334 e. The second-order valence-corrected chi connectivity index (χ2v) is 4.85. The molecule has 0 bridgehead atoms. The van der Waals surface area contributed by atoms with Gasteiger partial charge >= 0.3 is 0 Å². The average Bonchev–Trinajstić information content (AvgIpc) is 3.16. The van der Waals surface area contributed by atoms with Crippen molar-refractivity contribution < 1.29 is 4.52 Å². The predicted octanol–water partition coefficient (Wildman–Crippen LogP) is 3.36. The lowest BCUT2D eigenvalue weighted by Crippen LogP contribution is -1.87. The van der Waals surface area contributed by atoms with Crippen LogP contribution < -0.4 is 0 Å². The lowest BCUT2D eigenvalue weighted by molar-refractivity contribution is 0.432. The molecule has 4 rings (SSSR count). The summed E-state index contributed by atoms with van der Waals surface area (Å²) in [5, 5.41) is 4.08. The molecule has 1 aromatic carbocycles. The van der Waals surface area contributed by atoms with E-state index in [9.17, 15) is 0 Å². The molecule has 0 spiro atoms. The summed E-state index contributed by atoms with van der Waals surface area (Å²) in [7, 11) is 0. The van der Waals surface area contributed by atoms with Gasteiger partial charge in [0.1, 0.15) is 5.65 Å². The molecule has 3 heterocycles. The highest BCUT2D eigenvalue weighted by Gasteiger charge is 2.12. The minimum atomic E-state index is 0.504. The van der Waals surface area contributed by atoms with Gasteiger partial charge < -0.3 is 8.92 Å². The van der Waals surface area contributed by atoms with E-state index in [1.165, 1.54) is 0 Å². The Morgan fingerprint density at radius 3 is 2.90 bits per heavy atom. The molecular formula is C16H12N4O. The van der Waals surface area contributed by atoms with Crippen LogP contribution >= 0.6 is 0 Å². The number of imidazole rings is 1. The van der Waals surface area contributed by atoms with Crippen LogP contribution in [0.15, 0.2) is 59.5 Å². The van der Waals surface area contributed by atoms with Crippen LogP contribution in [-0.2, 0) is 0 Å². The normalized spacial score (nSPS) is 11.1. The average molecular weight is 276 g/mol. The first-order valence-corrected chi connectivity index (χ1v) is 6.64. The van der Waals surface area contributed by atoms with Crippen LogP contribution in [0.4, 0.5) is 0 Å². The number of rotatable bonds is 2. The molecule has 3 aromatic heterocycles. The van der Waals surface area contributed by atoms with Gasteiger partial charge in [0.05, 0.1) is 5.56 Å². The summed E-state index contributed by atoms with van der Waals surface area (Å²) in [5.41, 5.74) is 3.86. The summed E-state index contributed by atoms with van der Waals surface area (Å²) >= 11 is 0. The van der Waals surface area contributed by atoms with Crippen molar-refractivity contribution in [2.24, 2.45) is 0 Å². The molecule has 21 heavy (non-hydrogen) atoms. The van der Waals surface area contributed by atoms with Crippen molar-refractivity contribution in [2.45, 2.75) is 6.92 Å². The zero-order chi connectivity index (χ0) is 14.2. The number of nitrogens with zero attached hydrogens (tertiary/aromatic N) is 4. The van der Waals surface area contributed by atoms with Gasteiger partial charge in [0.25, 0.3) is 5.89 Å². The Bertz CT molecular complexity index is 923. The van der Waals surface area contributed by atoms with Gasteiger partial charge in [-0.3, -0.25) is 0 Å². The van der Waals surface area contributed by atoms with E-state index in [0.29, 0.717) is 11.7 Å². The maximum atomic E-state index is 5.39. The summed E-state index contributed by atoms with van der Waals surface area (Å²) in [6, 6.07) is 11.8. The Kier molecular flexibility index (Phi) is 2.57. The molecule has 0 saturated carbocycles. The predicted molar refractivity (Wildman–Crippen MR) is 78.7 cm³/mol. The minimum absolute atomic E-state index is 0.504. The monoisotopic (exact) mass is 276 g/mol. The Balaban J connectivity index is 1.78. The van der Waals surface area contributed by atoms with Gasteiger partial charge in [0.2, 0.25) is 5.82 Å². The molecule has 5 nitrogen and oxygen atoms in total. The smallest absolute Gasteiger partial charge is 0.259 e. The number of aromatic nitrogens is 4. The molecule has 0 unspecified atom stereocenters. The molecule has 4 aromatic rings. The zero-order valence-corrected chi connectivity index (χ0v) is 11.4. The summed E-state index contributed by atoms with van der Waals surface area (Å²) < 4.78 is 7.31. The van der Waals surface area contributed by atoms with Gasteiger partial charge in [0.15, 0.2) is 0 Å². The highest BCUT2D eigenvalue weighted by Crippen LogP contribution is 2.24. The van der Waals surface area contributed by atoms with E-state index in [4.69, 9.17) is 4.52 Å². The highest BCUT2D eigenvalue weighted by molar-refractivity contribution is 5.63. The van der Waals surface area contributed by atoms with Gasteiger partial charge in [-0.1, -0.05) is 29.4 Å². The molecule has 0 atom stereocenters. The third kappa shape index (κ3) is 1.99. The van der Waals surface area contributed by atoms with Gasteiger partial charge in [-0.2, -0.15) is 4.98 Å². The molecule has 0 aliphatic carbocycles. The Hall–Kier alpha value is -2.95. The van der Waals surface area contributed by atoms with Gasteiger partial charge in [-0.25, -0.2) is 4.98 Å². The standard InChI is InChI=1S/C16H12N4O/c1-11-4-2-3-5-13(11)15-18-16(21-19-15)12-6-7-14-17-8-9-20(14)10-12/h2-10H,1H3. The first kappa shape index (κ1) is 11.8. The number of hydrogen-bond donors (Lipinski definition) is 0. The number of fused-ring (bicyclic) bond motifs is 1. The lowest BCUT2D eigenvalue weighted by Gasteiger charge is -1.98. The molecule has 0 fully saturated rings. The van der Waals surface area contributed by atoms with Crippen molar-refractivity contribution >= 4 is 5.65 Å². The fourth-order valence-corrected chi connectivity index (χ4v) is 2.32. The van der Waals surface area contributed by atoms with Crippen molar-refractivity contribution in [1.82, 2.24) is 19.5 Å². The van der Waals surface area contributed by atoms with Crippen molar-refractivity contribution in [3.8, 4) is 22.8 Å². The van der Waals surface area contributed by atoms with Gasteiger partial charge in [-0.15, -0.1) is 0 Å². The number of hydrogen-bond acceptors (Lipinski definition) is 4. The van der Waals surface area contributed by atoms with Crippen LogP contribution in [0.3, 0.4) is 0 Å². The third-order valence-electron chi connectivity index (χ3n) is 3.45. The van der Waals surface area contributed by atoms with Crippen LogP contribution in [0.1, 0.15) is 5.56 Å². The number of pyridine rings is 1. The topological polar surface area (TPSA) is 56.2 Å². The molecular weight excluding hydrogens is 264 g/mol. The summed E-state index contributed by atoms with van der Waals surface area (Å²) in [4.78, 5) is 8.71. The molecule has 5 heteroatoms. The fourth-order valence-electron chi connectivity index (χ4n) is 2.32. The van der Waals surface area contributed by atoms with Crippen LogP contribution in [0.5, 0.6) is 0 Å². The molecule has 0 N–H and O–H groups in total. The highest BCUT2D eigenvalue weighted by atomic mass is 16.5. The van der Waals surface area contributed by atoms with Crippen LogP contribution in [0.2, 0.25) is 0 Å². The number of benzene rings is 1. The second kappa shape index (κ2) is 4.56. The Labute approximate surface area is 120 Å². The van der Waals surface area contributed by atoms with Gasteiger partial charge in [0, 0.05) is 24.2 Å². The van der Waals surface area contributed by atoms with Crippen molar-refractivity contribution in [3.05, 3.63) is 60.6 Å². The summed E-state index contributed by atoms with van der Waals surface area (Å²) in [6.07, 6.45) is 5.57. The van der Waals surface area contributed by atoms with Crippen LogP contribution in [0.25, 0.3) is 28.5 Å². The van der Waals surface area contributed by atoms with Crippen molar-refractivity contribution in [2.75, 3.05) is 0 Å². The first-order valence-electron chi connectivity index (χ1n) is 6.64. The van der Waals surface area contributed by atoms with Crippen molar-refractivity contribution in [1.29, 1.82) is 0 Å². The van der Waals surface area contributed by atoms with E-state index >= 15 is 0 Å². The molecule has 0 saturated heterocycles. The lowest BCUT2D eigenvalue weighted by atomic mass is 10.1. The van der Waals surface area contributed by atoms with Crippen molar-refractivity contribution in [3.63, 3.8) is 0 Å². The van der Waals surface area contributed by atoms with E-state index in [1.807, 2.05) is 60.1 Å². The molecule has 102 valence electrons. The molecule has 0 aliphatic rings. The second-order valence-electron chi connectivity index (χ2n) is 4.85. The molecule has 0 amide bonds. The first-order chi connectivity index (χ1) is 10.3. The maximum absolute atomic E-state index is 5.39. The third-order valence-corrected chi connectivity index (χ3v) is 3.45. The van der Waals surface area contributed by atoms with E-state index < -0.39 is 0 Å². The SMILES string of the molecule is Cc1ccccc1-c1noc(-c2ccc3nccn3c2)n1. The van der Waals surface area contributed by atoms with Gasteiger partial charge in [-0.05, 0) is 24.6 Å². The molecule has 0 radical (unpaired) electrons. The van der Waals surface area contributed by atoms with Crippen LogP contribution in [0, 0.1) is 6.92 Å². The van der Waals surface area contributed by atoms with Crippen LogP contribution in [-0.4, -0.2) is 19.5 Å². The van der Waals surface area contributed by atoms with E-state index in [-0.39, 0.29) is 0 Å². The Morgan fingerprint density at radius 2 is 2.00 bits per heavy atom. The van der Waals surface area contributed by atoms with E-state index in [0.717, 1.165) is 22.3 Å². The maximum Gasteiger partial charge on any atom is 0.259 e. The summed E-state index contributed by atoms with van der Waals surface area (Å²) in [6.45, 7) is 2.03. The largest absolute Gasteiger partial charge is 0.334 e. The Morgan fingerprint density at radius 1 is 1.10 bits per heavy atom. The number of aryl methyl sites for hydroxylation is 1. The van der Waals surface area contributed by atoms with E-state index in [2.05, 4.69) is 15.1 Å². The molecule has 0 aliphatic heterocycles. The quantitative estimate of drug-likeness (QED) is 0.563. The van der Waals surface area contributed by atoms with E-state index in [1.54, 1.807) is 6.20 Å².